The number of aromatic amines is 1. The number of anilines is 1. The average molecular weight is 498 g/mol. The third-order valence-corrected chi connectivity index (χ3v) is 7.47. The molecule has 2 aromatic rings. The zero-order valence-corrected chi connectivity index (χ0v) is 22.1. The van der Waals surface area contributed by atoms with Gasteiger partial charge in [-0.1, -0.05) is 51.4 Å². The second-order valence-electron chi connectivity index (χ2n) is 9.92. The van der Waals surface area contributed by atoms with Crippen LogP contribution in [-0.2, 0) is 4.79 Å². The van der Waals surface area contributed by atoms with Crippen LogP contribution < -0.4 is 20.3 Å². The van der Waals surface area contributed by atoms with Crippen LogP contribution in [0.25, 0.3) is 0 Å². The molecule has 35 heavy (non-hydrogen) atoms. The molecule has 4 rings (SSSR count). The third-order valence-electron chi connectivity index (χ3n) is 6.51. The Balaban J connectivity index is 1.83. The normalized spacial score (nSPS) is 18.5. The minimum absolute atomic E-state index is 0.0599. The minimum Gasteiger partial charge on any atom is -0.493 e. The first kappa shape index (κ1) is 25.4. The van der Waals surface area contributed by atoms with E-state index in [0.29, 0.717) is 53.1 Å². The number of aromatic nitrogens is 2. The number of carbonyl (C=O) groups is 1. The third kappa shape index (κ3) is 5.27. The van der Waals surface area contributed by atoms with Crippen molar-refractivity contribution in [3.05, 3.63) is 50.9 Å². The van der Waals surface area contributed by atoms with Crippen molar-refractivity contribution in [2.45, 2.75) is 70.9 Å². The van der Waals surface area contributed by atoms with Gasteiger partial charge in [-0.2, -0.15) is 0 Å². The average Bonchev–Trinajstić information content (AvgIpc) is 2.80. The van der Waals surface area contributed by atoms with Gasteiger partial charge in [-0.3, -0.25) is 9.59 Å². The lowest BCUT2D eigenvalue weighted by Crippen LogP contribution is -2.37. The molecule has 1 aliphatic carbocycles. The Morgan fingerprint density at radius 3 is 2.66 bits per heavy atom. The van der Waals surface area contributed by atoms with Crippen molar-refractivity contribution in [2.24, 2.45) is 5.41 Å². The molecule has 2 heterocycles. The summed E-state index contributed by atoms with van der Waals surface area (Å²) >= 11 is 1.56. The maximum atomic E-state index is 13.5. The fourth-order valence-electron chi connectivity index (χ4n) is 4.95. The zero-order chi connectivity index (χ0) is 25.2. The summed E-state index contributed by atoms with van der Waals surface area (Å²) in [5, 5.41) is 3.99. The summed E-state index contributed by atoms with van der Waals surface area (Å²) in [6.07, 6.45) is 4.51. The number of hydrogen-bond acceptors (Lipinski definition) is 7. The van der Waals surface area contributed by atoms with Gasteiger partial charge in [0.25, 0.3) is 5.56 Å². The van der Waals surface area contributed by atoms with Crippen LogP contribution in [-0.4, -0.2) is 35.2 Å². The molecule has 0 radical (unpaired) electrons. The molecule has 8 heteroatoms. The highest BCUT2D eigenvalue weighted by atomic mass is 32.2. The van der Waals surface area contributed by atoms with Gasteiger partial charge in [0, 0.05) is 29.4 Å². The molecule has 0 saturated carbocycles. The van der Waals surface area contributed by atoms with Gasteiger partial charge in [-0.25, -0.2) is 4.98 Å². The molecule has 1 aliphatic heterocycles. The van der Waals surface area contributed by atoms with Gasteiger partial charge >= 0.3 is 0 Å². The first-order valence-corrected chi connectivity index (χ1v) is 13.4. The lowest BCUT2D eigenvalue weighted by molar-refractivity contribution is -0.118. The molecule has 0 fully saturated rings. The summed E-state index contributed by atoms with van der Waals surface area (Å²) in [5.74, 6) is 2.17. The number of nitrogens with zero attached hydrogens (tertiary/aromatic N) is 1. The van der Waals surface area contributed by atoms with Crippen molar-refractivity contribution in [3.8, 4) is 11.5 Å². The standard InChI is InChI=1S/C27H35N3O4S/c1-6-8-9-12-35-26-29-24-23(25(32)30-26)21(16-10-11-19(34-7-2)20(13-16)33-5)22-17(28-24)14-27(3,4)15-18(22)31/h10-11,13,21H,6-9,12,14-15H2,1-5H3,(H2,28,29,30,32). The molecule has 0 spiro atoms. The molecule has 1 unspecified atom stereocenters. The Morgan fingerprint density at radius 2 is 1.94 bits per heavy atom. The van der Waals surface area contributed by atoms with Gasteiger partial charge in [0.15, 0.2) is 22.4 Å². The topological polar surface area (TPSA) is 93.3 Å². The summed E-state index contributed by atoms with van der Waals surface area (Å²) < 4.78 is 11.3. The van der Waals surface area contributed by atoms with Crippen LogP contribution in [0.2, 0.25) is 0 Å². The number of methoxy groups -OCH3 is 1. The van der Waals surface area contributed by atoms with Crippen LogP contribution in [0.15, 0.2) is 39.4 Å². The number of ether oxygens (including phenoxy) is 2. The minimum atomic E-state index is -0.523. The maximum Gasteiger partial charge on any atom is 0.257 e. The van der Waals surface area contributed by atoms with E-state index in [0.717, 1.165) is 36.3 Å². The van der Waals surface area contributed by atoms with Gasteiger partial charge in [-0.05, 0) is 42.9 Å². The number of H-pyrrole nitrogens is 1. The van der Waals surface area contributed by atoms with Crippen LogP contribution in [0.5, 0.6) is 11.5 Å². The van der Waals surface area contributed by atoms with Crippen LogP contribution >= 0.6 is 11.8 Å². The Bertz CT molecular complexity index is 1200. The smallest absolute Gasteiger partial charge is 0.257 e. The van der Waals surface area contributed by atoms with E-state index in [1.165, 1.54) is 0 Å². The lowest BCUT2D eigenvalue weighted by Gasteiger charge is -2.38. The molecule has 188 valence electrons. The Morgan fingerprint density at radius 1 is 1.14 bits per heavy atom. The van der Waals surface area contributed by atoms with Gasteiger partial charge in [0.2, 0.25) is 0 Å². The van der Waals surface area contributed by atoms with E-state index in [1.54, 1.807) is 18.9 Å². The second kappa shape index (κ2) is 10.5. The first-order chi connectivity index (χ1) is 16.8. The van der Waals surface area contributed by atoms with E-state index in [-0.39, 0.29) is 16.8 Å². The molecule has 2 aliphatic rings. The number of fused-ring (bicyclic) bond motifs is 1. The molecule has 1 atom stereocenters. The fraction of sp³-hybridized carbons (Fsp3) is 0.519. The number of thioether (sulfide) groups is 1. The number of allylic oxidation sites excluding steroid dienone is 2. The molecule has 0 saturated heterocycles. The zero-order valence-electron chi connectivity index (χ0n) is 21.2. The van der Waals surface area contributed by atoms with Crippen LogP contribution in [0.1, 0.15) is 76.8 Å². The summed E-state index contributed by atoms with van der Waals surface area (Å²) in [6, 6.07) is 5.63. The number of benzene rings is 1. The van der Waals surface area contributed by atoms with Crippen molar-refractivity contribution in [2.75, 3.05) is 24.8 Å². The van der Waals surface area contributed by atoms with E-state index >= 15 is 0 Å². The number of carbonyl (C=O) groups excluding carboxylic acids is 1. The second-order valence-corrected chi connectivity index (χ2v) is 11.0. The van der Waals surface area contributed by atoms with Crippen molar-refractivity contribution in [1.82, 2.24) is 9.97 Å². The number of ketones is 1. The molecule has 0 bridgehead atoms. The number of hydrogen-bond donors (Lipinski definition) is 2. The molecule has 2 N–H and O–H groups in total. The Labute approximate surface area is 211 Å². The fourth-order valence-corrected chi connectivity index (χ4v) is 5.82. The number of Topliss-reactive ketones (excluding diaryl/α,β-unsaturated/α-hetero) is 1. The van der Waals surface area contributed by atoms with Crippen molar-refractivity contribution < 1.29 is 14.3 Å². The number of rotatable bonds is 9. The van der Waals surface area contributed by atoms with Gasteiger partial charge in [0.05, 0.1) is 19.3 Å². The molecule has 7 nitrogen and oxygen atoms in total. The van der Waals surface area contributed by atoms with Gasteiger partial charge < -0.3 is 19.8 Å². The molecular weight excluding hydrogens is 462 g/mol. The van der Waals surface area contributed by atoms with Crippen molar-refractivity contribution in [3.63, 3.8) is 0 Å². The van der Waals surface area contributed by atoms with Crippen molar-refractivity contribution >= 4 is 23.4 Å². The highest BCUT2D eigenvalue weighted by molar-refractivity contribution is 7.99. The van der Waals surface area contributed by atoms with Crippen LogP contribution in [0, 0.1) is 5.41 Å². The van der Waals surface area contributed by atoms with E-state index in [9.17, 15) is 9.59 Å². The quantitative estimate of drug-likeness (QED) is 0.262. The van der Waals surface area contributed by atoms with E-state index in [1.807, 2.05) is 25.1 Å². The first-order valence-electron chi connectivity index (χ1n) is 12.4. The highest BCUT2D eigenvalue weighted by Gasteiger charge is 2.42. The SMILES string of the molecule is CCCCCSc1nc2c(c(=O)[nH]1)C(c1ccc(OCC)c(OC)c1)C1=C(CC(C)(C)CC1=O)N2. The molecule has 0 amide bonds. The van der Waals surface area contributed by atoms with Crippen molar-refractivity contribution in [1.29, 1.82) is 0 Å². The lowest BCUT2D eigenvalue weighted by atomic mass is 9.69. The molecule has 1 aromatic carbocycles. The monoisotopic (exact) mass is 497 g/mol. The summed E-state index contributed by atoms with van der Waals surface area (Å²) in [6.45, 7) is 8.79. The van der Waals surface area contributed by atoms with Crippen LogP contribution in [0.4, 0.5) is 5.82 Å². The largest absolute Gasteiger partial charge is 0.493 e. The predicted octanol–water partition coefficient (Wildman–Crippen LogP) is 5.66. The molecule has 1 aromatic heterocycles. The van der Waals surface area contributed by atoms with Gasteiger partial charge in [0.1, 0.15) is 5.82 Å². The predicted molar refractivity (Wildman–Crippen MR) is 140 cm³/mol. The highest BCUT2D eigenvalue weighted by Crippen LogP contribution is 2.48. The van der Waals surface area contributed by atoms with Crippen LogP contribution in [0.3, 0.4) is 0 Å². The molecular formula is C27H35N3O4S. The maximum absolute atomic E-state index is 13.5. The van der Waals surface area contributed by atoms with E-state index < -0.39 is 5.92 Å². The summed E-state index contributed by atoms with van der Waals surface area (Å²) in [4.78, 5) is 34.7. The Kier molecular flexibility index (Phi) is 7.59. The van der Waals surface area contributed by atoms with E-state index in [2.05, 4.69) is 31.1 Å². The van der Waals surface area contributed by atoms with E-state index in [4.69, 9.17) is 14.5 Å². The number of unbranched alkanes of at least 4 members (excludes halogenated alkanes) is 2. The Hall–Kier alpha value is -2.74. The summed E-state index contributed by atoms with van der Waals surface area (Å²) in [7, 11) is 1.59. The number of nitrogens with one attached hydrogen (secondary N) is 2. The van der Waals surface area contributed by atoms with Gasteiger partial charge in [-0.15, -0.1) is 0 Å². The summed E-state index contributed by atoms with van der Waals surface area (Å²) in [5.41, 5.74) is 2.41.